The molecule has 0 radical (unpaired) electrons. The van der Waals surface area contributed by atoms with Crippen molar-refractivity contribution in [3.63, 3.8) is 0 Å². The molecule has 2 rings (SSSR count). The SMILES string of the molecule is OC(C1=CCCCC1)C1CCCNC1. The van der Waals surface area contributed by atoms with Gasteiger partial charge in [0.15, 0.2) is 0 Å². The van der Waals surface area contributed by atoms with Crippen LogP contribution in [0.25, 0.3) is 0 Å². The Hall–Kier alpha value is -0.340. The van der Waals surface area contributed by atoms with E-state index in [4.69, 9.17) is 0 Å². The van der Waals surface area contributed by atoms with E-state index < -0.39 is 0 Å². The summed E-state index contributed by atoms with van der Waals surface area (Å²) in [6.45, 7) is 2.13. The minimum atomic E-state index is -0.164. The minimum Gasteiger partial charge on any atom is -0.388 e. The van der Waals surface area contributed by atoms with Gasteiger partial charge in [0.25, 0.3) is 0 Å². The summed E-state index contributed by atoms with van der Waals surface area (Å²) in [5.74, 6) is 0.466. The summed E-state index contributed by atoms with van der Waals surface area (Å²) in [6.07, 6.45) is 9.37. The van der Waals surface area contributed by atoms with E-state index in [0.717, 1.165) is 19.5 Å². The minimum absolute atomic E-state index is 0.164. The van der Waals surface area contributed by atoms with Gasteiger partial charge in [0.1, 0.15) is 0 Å². The number of piperidine rings is 1. The summed E-state index contributed by atoms with van der Waals surface area (Å²) in [5.41, 5.74) is 1.31. The predicted octanol–water partition coefficient (Wildman–Crippen LogP) is 1.85. The molecule has 1 saturated heterocycles. The number of nitrogens with one attached hydrogen (secondary N) is 1. The van der Waals surface area contributed by atoms with Crippen molar-refractivity contribution in [1.82, 2.24) is 5.32 Å². The third-order valence-corrected chi connectivity index (χ3v) is 3.49. The average molecular weight is 195 g/mol. The van der Waals surface area contributed by atoms with Gasteiger partial charge in [0.2, 0.25) is 0 Å². The highest BCUT2D eigenvalue weighted by atomic mass is 16.3. The molecule has 14 heavy (non-hydrogen) atoms. The molecule has 80 valence electrons. The summed E-state index contributed by atoms with van der Waals surface area (Å²) >= 11 is 0. The smallest absolute Gasteiger partial charge is 0.0790 e. The molecular weight excluding hydrogens is 174 g/mol. The van der Waals surface area contributed by atoms with Crippen molar-refractivity contribution in [1.29, 1.82) is 0 Å². The lowest BCUT2D eigenvalue weighted by Crippen LogP contribution is -2.37. The van der Waals surface area contributed by atoms with Gasteiger partial charge in [-0.1, -0.05) is 6.08 Å². The van der Waals surface area contributed by atoms with Gasteiger partial charge in [-0.3, -0.25) is 0 Å². The number of rotatable bonds is 2. The molecule has 2 unspecified atom stereocenters. The Bertz CT molecular complexity index is 206. The molecule has 2 nitrogen and oxygen atoms in total. The van der Waals surface area contributed by atoms with E-state index in [1.165, 1.54) is 37.7 Å². The zero-order chi connectivity index (χ0) is 9.80. The molecule has 1 aliphatic carbocycles. The first-order valence-corrected chi connectivity index (χ1v) is 5.95. The molecular formula is C12H21NO. The van der Waals surface area contributed by atoms with Gasteiger partial charge in [-0.05, 0) is 50.6 Å². The molecule has 2 aliphatic rings. The molecule has 2 heteroatoms. The lowest BCUT2D eigenvalue weighted by Gasteiger charge is -2.30. The molecule has 0 saturated carbocycles. The highest BCUT2D eigenvalue weighted by molar-refractivity contribution is 5.12. The standard InChI is InChI=1S/C12H21NO/c14-12(10-5-2-1-3-6-10)11-7-4-8-13-9-11/h5,11-14H,1-4,6-9H2. The number of aliphatic hydroxyl groups is 1. The van der Waals surface area contributed by atoms with Gasteiger partial charge in [0, 0.05) is 12.5 Å². The largest absolute Gasteiger partial charge is 0.388 e. The van der Waals surface area contributed by atoms with Crippen LogP contribution in [0.2, 0.25) is 0 Å². The van der Waals surface area contributed by atoms with E-state index in [-0.39, 0.29) is 6.10 Å². The number of aliphatic hydroxyl groups excluding tert-OH is 1. The summed E-state index contributed by atoms with van der Waals surface area (Å²) < 4.78 is 0. The first-order chi connectivity index (χ1) is 6.88. The highest BCUT2D eigenvalue weighted by Crippen LogP contribution is 2.26. The second kappa shape index (κ2) is 4.94. The van der Waals surface area contributed by atoms with Crippen molar-refractivity contribution in [2.45, 2.75) is 44.6 Å². The third kappa shape index (κ3) is 2.37. The van der Waals surface area contributed by atoms with Crippen molar-refractivity contribution in [2.75, 3.05) is 13.1 Å². The summed E-state index contributed by atoms with van der Waals surface area (Å²) in [4.78, 5) is 0. The molecule has 0 spiro atoms. The Morgan fingerprint density at radius 1 is 1.36 bits per heavy atom. The molecule has 1 heterocycles. The van der Waals surface area contributed by atoms with Gasteiger partial charge in [-0.15, -0.1) is 0 Å². The van der Waals surface area contributed by atoms with Gasteiger partial charge in [0.05, 0.1) is 6.10 Å². The van der Waals surface area contributed by atoms with E-state index in [1.807, 2.05) is 0 Å². The van der Waals surface area contributed by atoms with Crippen LogP contribution in [0.1, 0.15) is 38.5 Å². The van der Waals surface area contributed by atoms with E-state index in [9.17, 15) is 5.11 Å². The van der Waals surface area contributed by atoms with Crippen LogP contribution in [-0.4, -0.2) is 24.3 Å². The Labute approximate surface area is 86.4 Å². The zero-order valence-corrected chi connectivity index (χ0v) is 8.84. The summed E-state index contributed by atoms with van der Waals surface area (Å²) in [6, 6.07) is 0. The molecule has 1 fully saturated rings. The maximum absolute atomic E-state index is 10.2. The number of hydrogen-bond acceptors (Lipinski definition) is 2. The molecule has 2 N–H and O–H groups in total. The average Bonchev–Trinajstić information content (AvgIpc) is 2.30. The second-order valence-electron chi connectivity index (χ2n) is 4.58. The topological polar surface area (TPSA) is 32.3 Å². The van der Waals surface area contributed by atoms with Gasteiger partial charge in [-0.2, -0.15) is 0 Å². The Balaban J connectivity index is 1.91. The van der Waals surface area contributed by atoms with Crippen molar-refractivity contribution in [2.24, 2.45) is 5.92 Å². The zero-order valence-electron chi connectivity index (χ0n) is 8.84. The van der Waals surface area contributed by atoms with Crippen molar-refractivity contribution in [3.05, 3.63) is 11.6 Å². The fraction of sp³-hybridized carbons (Fsp3) is 0.833. The lowest BCUT2D eigenvalue weighted by atomic mass is 9.85. The number of allylic oxidation sites excluding steroid dienone is 1. The van der Waals surface area contributed by atoms with Gasteiger partial charge in [-0.25, -0.2) is 0 Å². The molecule has 0 bridgehead atoms. The summed E-state index contributed by atoms with van der Waals surface area (Å²) in [7, 11) is 0. The van der Waals surface area contributed by atoms with Crippen molar-refractivity contribution in [3.8, 4) is 0 Å². The van der Waals surface area contributed by atoms with Gasteiger partial charge >= 0.3 is 0 Å². The lowest BCUT2D eigenvalue weighted by molar-refractivity contribution is 0.118. The fourth-order valence-electron chi connectivity index (χ4n) is 2.58. The van der Waals surface area contributed by atoms with Crippen LogP contribution in [0.4, 0.5) is 0 Å². The maximum Gasteiger partial charge on any atom is 0.0790 e. The van der Waals surface area contributed by atoms with Crippen LogP contribution >= 0.6 is 0 Å². The predicted molar refractivity (Wildman–Crippen MR) is 58.2 cm³/mol. The van der Waals surface area contributed by atoms with Gasteiger partial charge < -0.3 is 10.4 Å². The van der Waals surface area contributed by atoms with E-state index in [0.29, 0.717) is 5.92 Å². The summed E-state index contributed by atoms with van der Waals surface area (Å²) in [5, 5.41) is 13.6. The molecule has 2 atom stereocenters. The van der Waals surface area contributed by atoms with Crippen LogP contribution in [0.5, 0.6) is 0 Å². The molecule has 0 aromatic carbocycles. The Kier molecular flexibility index (Phi) is 3.60. The Morgan fingerprint density at radius 3 is 2.93 bits per heavy atom. The quantitative estimate of drug-likeness (QED) is 0.659. The first kappa shape index (κ1) is 10.2. The van der Waals surface area contributed by atoms with Crippen LogP contribution in [0.15, 0.2) is 11.6 Å². The fourth-order valence-corrected chi connectivity index (χ4v) is 2.58. The molecule has 0 aromatic heterocycles. The third-order valence-electron chi connectivity index (χ3n) is 3.49. The number of hydrogen-bond donors (Lipinski definition) is 2. The molecule has 1 aliphatic heterocycles. The van der Waals surface area contributed by atoms with Crippen LogP contribution < -0.4 is 5.32 Å². The second-order valence-corrected chi connectivity index (χ2v) is 4.58. The van der Waals surface area contributed by atoms with Crippen LogP contribution in [0, 0.1) is 5.92 Å². The van der Waals surface area contributed by atoms with Crippen molar-refractivity contribution < 1.29 is 5.11 Å². The van der Waals surface area contributed by atoms with Crippen LogP contribution in [-0.2, 0) is 0 Å². The Morgan fingerprint density at radius 2 is 2.29 bits per heavy atom. The molecule has 0 aromatic rings. The highest BCUT2D eigenvalue weighted by Gasteiger charge is 2.24. The van der Waals surface area contributed by atoms with E-state index in [1.54, 1.807) is 0 Å². The maximum atomic E-state index is 10.2. The monoisotopic (exact) mass is 195 g/mol. The van der Waals surface area contributed by atoms with E-state index >= 15 is 0 Å². The van der Waals surface area contributed by atoms with Crippen LogP contribution in [0.3, 0.4) is 0 Å². The van der Waals surface area contributed by atoms with E-state index in [2.05, 4.69) is 11.4 Å². The normalized spacial score (nSPS) is 30.9. The molecule has 0 amide bonds. The van der Waals surface area contributed by atoms with Crippen molar-refractivity contribution >= 4 is 0 Å². The first-order valence-electron chi connectivity index (χ1n) is 5.95.